The highest BCUT2D eigenvalue weighted by atomic mass is 32.1. The Labute approximate surface area is 135 Å². The first kappa shape index (κ1) is 14.3. The normalized spacial score (nSPS) is 14.6. The van der Waals surface area contributed by atoms with Gasteiger partial charge < -0.3 is 4.90 Å². The lowest BCUT2D eigenvalue weighted by Crippen LogP contribution is -2.22. The standard InChI is InChI=1S/C15H13F2N5S/c16-11-4-9(5-12(17)6-11)14-19-15(23-21-14)22-3-1-2-13-10(8-22)7-18-20-13/h4-7H,1-3,8H2,(H,18,20). The molecule has 0 saturated heterocycles. The van der Waals surface area contributed by atoms with E-state index in [0.717, 1.165) is 41.8 Å². The van der Waals surface area contributed by atoms with Crippen molar-refractivity contribution in [1.82, 2.24) is 19.6 Å². The van der Waals surface area contributed by atoms with Crippen LogP contribution in [0.15, 0.2) is 24.4 Å². The van der Waals surface area contributed by atoms with E-state index in [1.807, 2.05) is 6.20 Å². The second-order valence-corrected chi connectivity index (χ2v) is 6.19. The van der Waals surface area contributed by atoms with Crippen molar-refractivity contribution in [3.8, 4) is 11.4 Å². The predicted molar refractivity (Wildman–Crippen MR) is 83.2 cm³/mol. The van der Waals surface area contributed by atoms with Gasteiger partial charge in [0, 0.05) is 47.5 Å². The Hall–Kier alpha value is -2.35. The molecule has 3 heterocycles. The third kappa shape index (κ3) is 2.81. The Kier molecular flexibility index (Phi) is 3.53. The van der Waals surface area contributed by atoms with E-state index in [-0.39, 0.29) is 0 Å². The van der Waals surface area contributed by atoms with Crippen molar-refractivity contribution < 1.29 is 8.78 Å². The molecule has 1 aromatic carbocycles. The monoisotopic (exact) mass is 333 g/mol. The van der Waals surface area contributed by atoms with Crippen LogP contribution in [-0.4, -0.2) is 26.1 Å². The summed E-state index contributed by atoms with van der Waals surface area (Å²) in [6, 6.07) is 3.32. The molecule has 0 aliphatic carbocycles. The molecule has 0 atom stereocenters. The number of benzene rings is 1. The lowest BCUT2D eigenvalue weighted by Gasteiger charge is -2.18. The molecule has 1 aliphatic rings. The van der Waals surface area contributed by atoms with Gasteiger partial charge in [-0.25, -0.2) is 8.78 Å². The fraction of sp³-hybridized carbons (Fsp3) is 0.267. The molecule has 4 rings (SSSR count). The second-order valence-electron chi connectivity index (χ2n) is 5.46. The van der Waals surface area contributed by atoms with Crippen molar-refractivity contribution in [1.29, 1.82) is 0 Å². The minimum Gasteiger partial charge on any atom is -0.342 e. The minimum atomic E-state index is -0.630. The molecule has 0 fully saturated rings. The highest BCUT2D eigenvalue weighted by Crippen LogP contribution is 2.28. The summed E-state index contributed by atoms with van der Waals surface area (Å²) < 4.78 is 30.9. The predicted octanol–water partition coefficient (Wildman–Crippen LogP) is 3.16. The van der Waals surface area contributed by atoms with Gasteiger partial charge in [-0.05, 0) is 25.0 Å². The lowest BCUT2D eigenvalue weighted by molar-refractivity contribution is 0.584. The van der Waals surface area contributed by atoms with Gasteiger partial charge >= 0.3 is 0 Å². The molecule has 0 radical (unpaired) electrons. The van der Waals surface area contributed by atoms with Crippen molar-refractivity contribution in [2.75, 3.05) is 11.4 Å². The largest absolute Gasteiger partial charge is 0.342 e. The first-order chi connectivity index (χ1) is 11.2. The smallest absolute Gasteiger partial charge is 0.205 e. The van der Waals surface area contributed by atoms with E-state index in [2.05, 4.69) is 24.5 Å². The molecule has 23 heavy (non-hydrogen) atoms. The van der Waals surface area contributed by atoms with Crippen LogP contribution in [-0.2, 0) is 13.0 Å². The van der Waals surface area contributed by atoms with Crippen LogP contribution in [0.5, 0.6) is 0 Å². The molecular formula is C15H13F2N5S. The van der Waals surface area contributed by atoms with Gasteiger partial charge in [0.1, 0.15) is 11.6 Å². The van der Waals surface area contributed by atoms with Gasteiger partial charge in [0.2, 0.25) is 5.13 Å². The van der Waals surface area contributed by atoms with Crippen LogP contribution >= 0.6 is 11.5 Å². The molecule has 0 unspecified atom stereocenters. The Bertz CT molecular complexity index is 824. The molecular weight excluding hydrogens is 320 g/mol. The topological polar surface area (TPSA) is 57.7 Å². The third-order valence-electron chi connectivity index (χ3n) is 3.83. The van der Waals surface area contributed by atoms with E-state index in [0.29, 0.717) is 17.9 Å². The molecule has 0 bridgehead atoms. The number of halogens is 2. The maximum absolute atomic E-state index is 13.3. The summed E-state index contributed by atoms with van der Waals surface area (Å²) in [7, 11) is 0. The zero-order chi connectivity index (χ0) is 15.8. The second kappa shape index (κ2) is 5.69. The molecule has 3 aromatic rings. The molecule has 2 aromatic heterocycles. The van der Waals surface area contributed by atoms with Crippen LogP contribution < -0.4 is 4.90 Å². The third-order valence-corrected chi connectivity index (χ3v) is 4.61. The molecule has 0 spiro atoms. The van der Waals surface area contributed by atoms with Crippen molar-refractivity contribution in [2.45, 2.75) is 19.4 Å². The van der Waals surface area contributed by atoms with Crippen molar-refractivity contribution in [3.63, 3.8) is 0 Å². The Morgan fingerprint density at radius 3 is 2.83 bits per heavy atom. The average Bonchev–Trinajstić information content (AvgIpc) is 3.12. The summed E-state index contributed by atoms with van der Waals surface area (Å²) in [6.07, 6.45) is 3.77. The molecule has 5 nitrogen and oxygen atoms in total. The molecule has 0 amide bonds. The number of hydrogen-bond acceptors (Lipinski definition) is 5. The van der Waals surface area contributed by atoms with Crippen LogP contribution in [0, 0.1) is 11.6 Å². The van der Waals surface area contributed by atoms with Crippen molar-refractivity contribution in [3.05, 3.63) is 47.3 Å². The van der Waals surface area contributed by atoms with Gasteiger partial charge in [-0.15, -0.1) is 0 Å². The number of rotatable bonds is 2. The molecule has 1 aliphatic heterocycles. The number of aromatic nitrogens is 4. The molecule has 0 saturated carbocycles. The summed E-state index contributed by atoms with van der Waals surface area (Å²) >= 11 is 1.24. The zero-order valence-electron chi connectivity index (χ0n) is 12.1. The SMILES string of the molecule is Fc1cc(F)cc(-c2nsc(N3CCCc4[nH]ncc4C3)n2)c1. The maximum atomic E-state index is 13.3. The maximum Gasteiger partial charge on any atom is 0.205 e. The Balaban J connectivity index is 1.63. The van der Waals surface area contributed by atoms with Crippen LogP contribution in [0.2, 0.25) is 0 Å². The number of aromatic amines is 1. The summed E-state index contributed by atoms with van der Waals surface area (Å²) in [5.74, 6) is -0.914. The van der Waals surface area contributed by atoms with E-state index >= 15 is 0 Å². The quantitative estimate of drug-likeness (QED) is 0.783. The summed E-state index contributed by atoms with van der Waals surface area (Å²) in [5, 5.41) is 7.85. The molecule has 118 valence electrons. The number of aryl methyl sites for hydroxylation is 1. The van der Waals surface area contributed by atoms with E-state index in [9.17, 15) is 8.78 Å². The van der Waals surface area contributed by atoms with Gasteiger partial charge in [0.05, 0.1) is 6.20 Å². The van der Waals surface area contributed by atoms with E-state index in [4.69, 9.17) is 0 Å². The van der Waals surface area contributed by atoms with Gasteiger partial charge in [0.25, 0.3) is 0 Å². The van der Waals surface area contributed by atoms with Crippen LogP contribution in [0.3, 0.4) is 0 Å². The van der Waals surface area contributed by atoms with Crippen LogP contribution in [0.25, 0.3) is 11.4 Å². The summed E-state index contributed by atoms with van der Waals surface area (Å²) in [6.45, 7) is 1.56. The number of fused-ring (bicyclic) bond motifs is 1. The van der Waals surface area contributed by atoms with Gasteiger partial charge in [-0.2, -0.15) is 14.5 Å². The average molecular weight is 333 g/mol. The molecule has 1 N–H and O–H groups in total. The first-order valence-corrected chi connectivity index (χ1v) is 8.02. The fourth-order valence-corrected chi connectivity index (χ4v) is 3.44. The van der Waals surface area contributed by atoms with E-state index in [1.165, 1.54) is 23.7 Å². The number of hydrogen-bond donors (Lipinski definition) is 1. The van der Waals surface area contributed by atoms with Gasteiger partial charge in [0.15, 0.2) is 5.82 Å². The number of anilines is 1. The Morgan fingerprint density at radius 1 is 1.17 bits per heavy atom. The number of nitrogens with zero attached hydrogens (tertiary/aromatic N) is 4. The highest BCUT2D eigenvalue weighted by Gasteiger charge is 2.20. The minimum absolute atomic E-state index is 0.347. The number of nitrogens with one attached hydrogen (secondary N) is 1. The fourth-order valence-electron chi connectivity index (χ4n) is 2.73. The summed E-state index contributed by atoms with van der Waals surface area (Å²) in [4.78, 5) is 6.58. The van der Waals surface area contributed by atoms with E-state index in [1.54, 1.807) is 0 Å². The summed E-state index contributed by atoms with van der Waals surface area (Å²) in [5.41, 5.74) is 2.66. The highest BCUT2D eigenvalue weighted by molar-refractivity contribution is 7.09. The van der Waals surface area contributed by atoms with Crippen LogP contribution in [0.4, 0.5) is 13.9 Å². The van der Waals surface area contributed by atoms with Crippen molar-refractivity contribution in [2.24, 2.45) is 0 Å². The van der Waals surface area contributed by atoms with Gasteiger partial charge in [-0.3, -0.25) is 5.10 Å². The molecule has 8 heteroatoms. The Morgan fingerprint density at radius 2 is 2.00 bits per heavy atom. The first-order valence-electron chi connectivity index (χ1n) is 7.25. The number of H-pyrrole nitrogens is 1. The lowest BCUT2D eigenvalue weighted by atomic mass is 10.2. The zero-order valence-corrected chi connectivity index (χ0v) is 12.9. The van der Waals surface area contributed by atoms with Crippen LogP contribution in [0.1, 0.15) is 17.7 Å². The van der Waals surface area contributed by atoms with Gasteiger partial charge in [-0.1, -0.05) is 0 Å². The van der Waals surface area contributed by atoms with E-state index < -0.39 is 11.6 Å². The van der Waals surface area contributed by atoms with Crippen molar-refractivity contribution >= 4 is 16.7 Å².